The summed E-state index contributed by atoms with van der Waals surface area (Å²) in [4.78, 5) is 25.0. The molecule has 134 valence electrons. The van der Waals surface area contributed by atoms with Crippen LogP contribution >= 0.6 is 0 Å². The van der Waals surface area contributed by atoms with Crippen molar-refractivity contribution in [3.05, 3.63) is 36.0 Å². The molecule has 0 saturated carbocycles. The number of carbonyl (C=O) groups is 2. The molecule has 5 nitrogen and oxygen atoms in total. The van der Waals surface area contributed by atoms with Crippen molar-refractivity contribution in [1.82, 2.24) is 9.47 Å². The largest absolute Gasteiger partial charge is 0.481 e. The first-order chi connectivity index (χ1) is 11.7. The fraction of sp³-hybridized carbons (Fsp3) is 0.412. The van der Waals surface area contributed by atoms with Crippen LogP contribution in [0.2, 0.25) is 0 Å². The summed E-state index contributed by atoms with van der Waals surface area (Å²) in [6, 6.07) is 7.14. The van der Waals surface area contributed by atoms with Gasteiger partial charge >= 0.3 is 12.1 Å². The van der Waals surface area contributed by atoms with E-state index in [9.17, 15) is 22.8 Å². The molecule has 2 aromatic rings. The summed E-state index contributed by atoms with van der Waals surface area (Å²) in [5, 5.41) is 9.74. The van der Waals surface area contributed by atoms with Gasteiger partial charge in [0.05, 0.1) is 17.4 Å². The zero-order chi connectivity index (χ0) is 18.4. The van der Waals surface area contributed by atoms with E-state index in [2.05, 4.69) is 0 Å². The predicted molar refractivity (Wildman–Crippen MR) is 84.2 cm³/mol. The molecule has 1 aromatic heterocycles. The van der Waals surface area contributed by atoms with E-state index in [1.165, 1.54) is 0 Å². The van der Waals surface area contributed by atoms with Gasteiger partial charge in [0.25, 0.3) is 5.91 Å². The van der Waals surface area contributed by atoms with Crippen LogP contribution in [0, 0.1) is 11.8 Å². The minimum Gasteiger partial charge on any atom is -0.481 e. The molecular weight excluding hydrogens is 337 g/mol. The highest BCUT2D eigenvalue weighted by molar-refractivity contribution is 6.07. The second-order valence-corrected chi connectivity index (χ2v) is 6.15. The number of hydrogen-bond donors (Lipinski definition) is 1. The Kier molecular flexibility index (Phi) is 4.22. The van der Waals surface area contributed by atoms with E-state index in [0.717, 1.165) is 10.4 Å². The number of carboxylic acids is 1. The van der Waals surface area contributed by atoms with Crippen LogP contribution in [0.5, 0.6) is 0 Å². The minimum absolute atomic E-state index is 0.296. The molecule has 0 radical (unpaired) electrons. The van der Waals surface area contributed by atoms with E-state index in [4.69, 9.17) is 5.11 Å². The number of benzene rings is 1. The molecule has 1 aliphatic rings. The van der Waals surface area contributed by atoms with Gasteiger partial charge in [-0.15, -0.1) is 0 Å². The number of halogens is 3. The van der Waals surface area contributed by atoms with Gasteiger partial charge in [0.2, 0.25) is 0 Å². The van der Waals surface area contributed by atoms with Crippen LogP contribution in [0.4, 0.5) is 13.2 Å². The van der Waals surface area contributed by atoms with Crippen LogP contribution in [0.25, 0.3) is 10.9 Å². The number of rotatable bonds is 3. The normalized spacial score (nSPS) is 21.0. The van der Waals surface area contributed by atoms with Gasteiger partial charge in [-0.25, -0.2) is 0 Å². The molecule has 1 saturated heterocycles. The first-order valence-corrected chi connectivity index (χ1v) is 7.90. The van der Waals surface area contributed by atoms with Gasteiger partial charge in [0.1, 0.15) is 0 Å². The van der Waals surface area contributed by atoms with Gasteiger partial charge in [-0.2, -0.15) is 13.2 Å². The standard InChI is InChI=1S/C17H17F3N2O3/c1-2-21-7-11(10-5-3-4-6-14(10)21)15(23)22-8-12(16(24)25)13(9-22)17(18,19)20/h3-7,12-13H,2,8-9H2,1H3,(H,24,25)/t12-,13-/m1/s1. The molecule has 1 fully saturated rings. The summed E-state index contributed by atoms with van der Waals surface area (Å²) in [5.41, 5.74) is 1.11. The third-order valence-electron chi connectivity index (χ3n) is 4.70. The number of para-hydroxylation sites is 1. The topological polar surface area (TPSA) is 62.5 Å². The van der Waals surface area contributed by atoms with Crippen molar-refractivity contribution in [2.24, 2.45) is 11.8 Å². The Morgan fingerprint density at radius 2 is 1.92 bits per heavy atom. The molecule has 1 aromatic carbocycles. The van der Waals surface area contributed by atoms with Crippen LogP contribution in [0.15, 0.2) is 30.5 Å². The molecule has 2 heterocycles. The number of fused-ring (bicyclic) bond motifs is 1. The zero-order valence-corrected chi connectivity index (χ0v) is 13.5. The second-order valence-electron chi connectivity index (χ2n) is 6.15. The van der Waals surface area contributed by atoms with E-state index in [-0.39, 0.29) is 0 Å². The Morgan fingerprint density at radius 3 is 2.48 bits per heavy atom. The first kappa shape index (κ1) is 17.3. The van der Waals surface area contributed by atoms with Crippen LogP contribution in [-0.2, 0) is 11.3 Å². The molecule has 1 amide bonds. The maximum Gasteiger partial charge on any atom is 0.394 e. The highest BCUT2D eigenvalue weighted by Crippen LogP contribution is 2.38. The van der Waals surface area contributed by atoms with Crippen molar-refractivity contribution in [2.45, 2.75) is 19.6 Å². The molecule has 0 aliphatic carbocycles. The van der Waals surface area contributed by atoms with E-state index in [1.54, 1.807) is 18.3 Å². The van der Waals surface area contributed by atoms with Crippen LogP contribution in [0.3, 0.4) is 0 Å². The lowest BCUT2D eigenvalue weighted by Gasteiger charge is -2.18. The molecule has 0 spiro atoms. The van der Waals surface area contributed by atoms with E-state index in [1.807, 2.05) is 23.6 Å². The molecule has 3 rings (SSSR count). The lowest BCUT2D eigenvalue weighted by Crippen LogP contribution is -2.34. The molecule has 25 heavy (non-hydrogen) atoms. The third-order valence-corrected chi connectivity index (χ3v) is 4.70. The molecule has 1 N–H and O–H groups in total. The predicted octanol–water partition coefficient (Wildman–Crippen LogP) is 3.00. The summed E-state index contributed by atoms with van der Waals surface area (Å²) in [6.07, 6.45) is -3.04. The van der Waals surface area contributed by atoms with E-state index >= 15 is 0 Å². The van der Waals surface area contributed by atoms with Gasteiger partial charge in [0, 0.05) is 36.7 Å². The maximum absolute atomic E-state index is 13.1. The average Bonchev–Trinajstić information content (AvgIpc) is 3.16. The summed E-state index contributed by atoms with van der Waals surface area (Å²) >= 11 is 0. The van der Waals surface area contributed by atoms with Gasteiger partial charge in [-0.1, -0.05) is 18.2 Å². The quantitative estimate of drug-likeness (QED) is 0.922. The zero-order valence-electron chi connectivity index (χ0n) is 13.5. The Balaban J connectivity index is 1.96. The summed E-state index contributed by atoms with van der Waals surface area (Å²) in [7, 11) is 0. The lowest BCUT2D eigenvalue weighted by atomic mass is 9.96. The van der Waals surface area contributed by atoms with Crippen molar-refractivity contribution < 1.29 is 27.9 Å². The summed E-state index contributed by atoms with van der Waals surface area (Å²) < 4.78 is 41.2. The molecule has 1 aliphatic heterocycles. The van der Waals surface area contributed by atoms with Gasteiger partial charge < -0.3 is 14.6 Å². The van der Waals surface area contributed by atoms with Crippen molar-refractivity contribution >= 4 is 22.8 Å². The number of nitrogens with zero attached hydrogens (tertiary/aromatic N) is 2. The number of hydrogen-bond acceptors (Lipinski definition) is 2. The fourth-order valence-electron chi connectivity index (χ4n) is 3.40. The van der Waals surface area contributed by atoms with Crippen LogP contribution < -0.4 is 0 Å². The van der Waals surface area contributed by atoms with Gasteiger partial charge in [-0.05, 0) is 13.0 Å². The number of likely N-dealkylation sites (tertiary alicyclic amines) is 1. The van der Waals surface area contributed by atoms with E-state index in [0.29, 0.717) is 17.5 Å². The lowest BCUT2D eigenvalue weighted by molar-refractivity contribution is -0.187. The Hall–Kier alpha value is -2.51. The molecule has 2 atom stereocenters. The number of alkyl halides is 3. The number of aromatic nitrogens is 1. The van der Waals surface area contributed by atoms with Crippen molar-refractivity contribution in [2.75, 3.05) is 13.1 Å². The molecular formula is C17H17F3N2O3. The van der Waals surface area contributed by atoms with Crippen LogP contribution in [-0.4, -0.2) is 45.7 Å². The minimum atomic E-state index is -4.66. The number of amides is 1. The van der Waals surface area contributed by atoms with E-state index < -0.39 is 43.0 Å². The second kappa shape index (κ2) is 6.09. The molecule has 8 heteroatoms. The number of carbonyl (C=O) groups excluding carboxylic acids is 1. The Labute approximate surface area is 141 Å². The van der Waals surface area contributed by atoms with Gasteiger partial charge in [0.15, 0.2) is 0 Å². The smallest absolute Gasteiger partial charge is 0.394 e. The third kappa shape index (κ3) is 2.96. The monoisotopic (exact) mass is 354 g/mol. The van der Waals surface area contributed by atoms with Crippen molar-refractivity contribution in [3.8, 4) is 0 Å². The summed E-state index contributed by atoms with van der Waals surface area (Å²) in [5.74, 6) is -5.79. The number of aryl methyl sites for hydroxylation is 1. The SMILES string of the molecule is CCn1cc(C(=O)N2C[C@@H](C(F)(F)F)[C@H](C(=O)O)C2)c2ccccc21. The van der Waals surface area contributed by atoms with Crippen molar-refractivity contribution in [3.63, 3.8) is 0 Å². The van der Waals surface area contributed by atoms with Crippen molar-refractivity contribution in [1.29, 1.82) is 0 Å². The number of carboxylic acid groups (broad SMARTS) is 1. The molecule has 0 bridgehead atoms. The van der Waals surface area contributed by atoms with Crippen LogP contribution in [0.1, 0.15) is 17.3 Å². The number of aliphatic carboxylic acids is 1. The maximum atomic E-state index is 13.1. The van der Waals surface area contributed by atoms with Gasteiger partial charge in [-0.3, -0.25) is 9.59 Å². The first-order valence-electron chi connectivity index (χ1n) is 7.90. The Morgan fingerprint density at radius 1 is 1.24 bits per heavy atom. The Bertz CT molecular complexity index is 828. The highest BCUT2D eigenvalue weighted by Gasteiger charge is 2.53. The fourth-order valence-corrected chi connectivity index (χ4v) is 3.40. The molecule has 0 unspecified atom stereocenters. The average molecular weight is 354 g/mol. The highest BCUT2D eigenvalue weighted by atomic mass is 19.4. The summed E-state index contributed by atoms with van der Waals surface area (Å²) in [6.45, 7) is 1.43.